The van der Waals surface area contributed by atoms with E-state index in [1.807, 2.05) is 12.1 Å². The Hall–Kier alpha value is -2.38. The Labute approximate surface area is 163 Å². The molecule has 2 rings (SSSR count). The molecule has 0 aliphatic heterocycles. The molecule has 0 unspecified atom stereocenters. The summed E-state index contributed by atoms with van der Waals surface area (Å²) < 4.78 is 21.3. The Morgan fingerprint density at radius 3 is 2.08 bits per heavy atom. The number of nitrogens with one attached hydrogen (secondary N) is 2. The third-order valence-corrected chi connectivity index (χ3v) is 4.07. The lowest BCUT2D eigenvalue weighted by atomic mass is 10.2. The molecule has 140 valence electrons. The molecule has 0 aliphatic rings. The maximum absolute atomic E-state index is 6.03. The minimum absolute atomic E-state index is 0.430. The monoisotopic (exact) mass is 396 g/mol. The van der Waals surface area contributed by atoms with Crippen LogP contribution in [-0.2, 0) is 6.54 Å². The Kier molecular flexibility index (Phi) is 7.17. The first kappa shape index (κ1) is 19.9. The van der Waals surface area contributed by atoms with Crippen molar-refractivity contribution in [2.45, 2.75) is 6.54 Å². The second-order valence-electron chi connectivity index (χ2n) is 5.19. The number of methoxy groups -OCH3 is 4. The van der Waals surface area contributed by atoms with E-state index in [-0.39, 0.29) is 0 Å². The van der Waals surface area contributed by atoms with E-state index in [9.17, 15) is 0 Å². The minimum atomic E-state index is 0.430. The average Bonchev–Trinajstić information content (AvgIpc) is 2.65. The predicted octanol–water partition coefficient (Wildman–Crippen LogP) is 3.86. The number of hydrogen-bond acceptors (Lipinski definition) is 5. The lowest BCUT2D eigenvalue weighted by molar-refractivity contribution is 0.323. The van der Waals surface area contributed by atoms with Crippen LogP contribution in [0.1, 0.15) is 5.56 Å². The van der Waals surface area contributed by atoms with Crippen molar-refractivity contribution in [3.63, 3.8) is 0 Å². The van der Waals surface area contributed by atoms with E-state index in [1.54, 1.807) is 46.6 Å². The number of rotatable bonds is 7. The first-order valence-corrected chi connectivity index (χ1v) is 8.48. The lowest BCUT2D eigenvalue weighted by Crippen LogP contribution is -2.28. The normalized spacial score (nSPS) is 10.0. The first-order chi connectivity index (χ1) is 12.5. The summed E-state index contributed by atoms with van der Waals surface area (Å²) in [5.74, 6) is 2.35. The van der Waals surface area contributed by atoms with Gasteiger partial charge in [-0.2, -0.15) is 0 Å². The van der Waals surface area contributed by atoms with Gasteiger partial charge in [-0.1, -0.05) is 11.6 Å². The number of ether oxygens (including phenoxy) is 4. The van der Waals surface area contributed by atoms with Gasteiger partial charge in [-0.25, -0.2) is 0 Å². The van der Waals surface area contributed by atoms with Crippen LogP contribution in [0, 0.1) is 0 Å². The molecule has 0 fully saturated rings. The summed E-state index contributed by atoms with van der Waals surface area (Å²) in [4.78, 5) is 0. The molecule has 0 saturated heterocycles. The van der Waals surface area contributed by atoms with Crippen molar-refractivity contribution < 1.29 is 18.9 Å². The Morgan fingerprint density at radius 2 is 1.54 bits per heavy atom. The van der Waals surface area contributed by atoms with E-state index in [2.05, 4.69) is 10.6 Å². The van der Waals surface area contributed by atoms with Gasteiger partial charge in [0.05, 0.1) is 34.1 Å². The van der Waals surface area contributed by atoms with Gasteiger partial charge in [-0.15, -0.1) is 0 Å². The highest BCUT2D eigenvalue weighted by Gasteiger charge is 2.13. The van der Waals surface area contributed by atoms with E-state index in [0.29, 0.717) is 45.4 Å². The number of halogens is 1. The topological polar surface area (TPSA) is 61.0 Å². The number of anilines is 1. The lowest BCUT2D eigenvalue weighted by Gasteiger charge is -2.16. The van der Waals surface area contributed by atoms with Crippen molar-refractivity contribution in [2.75, 3.05) is 33.8 Å². The summed E-state index contributed by atoms with van der Waals surface area (Å²) >= 11 is 11.4. The summed E-state index contributed by atoms with van der Waals surface area (Å²) in [7, 11) is 6.30. The van der Waals surface area contributed by atoms with Crippen LogP contribution in [0.2, 0.25) is 5.02 Å². The zero-order valence-corrected chi connectivity index (χ0v) is 16.6. The second kappa shape index (κ2) is 9.35. The van der Waals surface area contributed by atoms with Crippen LogP contribution in [0.5, 0.6) is 23.0 Å². The van der Waals surface area contributed by atoms with Crippen molar-refractivity contribution in [1.29, 1.82) is 0 Å². The van der Waals surface area contributed by atoms with Crippen molar-refractivity contribution in [3.8, 4) is 23.0 Å². The average molecular weight is 397 g/mol. The van der Waals surface area contributed by atoms with E-state index in [1.165, 1.54) is 0 Å². The Balaban J connectivity index is 2.09. The third kappa shape index (κ3) is 4.83. The number of hydrogen-bond donors (Lipinski definition) is 2. The van der Waals surface area contributed by atoms with Crippen LogP contribution in [0.25, 0.3) is 0 Å². The zero-order chi connectivity index (χ0) is 19.1. The molecule has 8 heteroatoms. The highest BCUT2D eigenvalue weighted by atomic mass is 35.5. The molecule has 2 aromatic rings. The van der Waals surface area contributed by atoms with Crippen LogP contribution in [0.3, 0.4) is 0 Å². The Morgan fingerprint density at radius 1 is 0.923 bits per heavy atom. The van der Waals surface area contributed by atoms with Gasteiger partial charge in [0, 0.05) is 11.6 Å². The fourth-order valence-corrected chi connectivity index (χ4v) is 2.72. The molecule has 0 amide bonds. The number of thiocarbonyl (C=S) groups is 1. The molecular formula is C18H21ClN2O4S. The highest BCUT2D eigenvalue weighted by Crippen LogP contribution is 2.38. The van der Waals surface area contributed by atoms with Gasteiger partial charge < -0.3 is 29.6 Å². The summed E-state index contributed by atoms with van der Waals surface area (Å²) in [6, 6.07) is 8.98. The van der Waals surface area contributed by atoms with Crippen LogP contribution in [-0.4, -0.2) is 33.6 Å². The summed E-state index contributed by atoms with van der Waals surface area (Å²) in [5.41, 5.74) is 1.60. The quantitative estimate of drug-likeness (QED) is 0.689. The fraction of sp³-hybridized carbons (Fsp3) is 0.278. The predicted molar refractivity (Wildman–Crippen MR) is 107 cm³/mol. The summed E-state index contributed by atoms with van der Waals surface area (Å²) in [6.45, 7) is 0.464. The minimum Gasteiger partial charge on any atom is -0.495 e. The molecule has 0 radical (unpaired) electrons. The molecular weight excluding hydrogens is 376 g/mol. The van der Waals surface area contributed by atoms with Gasteiger partial charge in [-0.3, -0.25) is 0 Å². The van der Waals surface area contributed by atoms with Crippen LogP contribution < -0.4 is 29.6 Å². The molecule has 0 aromatic heterocycles. The molecule has 2 N–H and O–H groups in total. The Bertz CT molecular complexity index is 761. The van der Waals surface area contributed by atoms with E-state index < -0.39 is 0 Å². The molecule has 0 atom stereocenters. The molecule has 0 aliphatic carbocycles. The zero-order valence-electron chi connectivity index (χ0n) is 15.0. The van der Waals surface area contributed by atoms with Crippen molar-refractivity contribution >= 4 is 34.6 Å². The largest absolute Gasteiger partial charge is 0.495 e. The SMILES string of the molecule is COc1ccc(Cl)cc1NC(=S)NCc1cc(OC)c(OC)c(OC)c1. The van der Waals surface area contributed by atoms with Gasteiger partial charge >= 0.3 is 0 Å². The van der Waals surface area contributed by atoms with E-state index in [4.69, 9.17) is 42.8 Å². The number of benzene rings is 2. The molecule has 6 nitrogen and oxygen atoms in total. The maximum Gasteiger partial charge on any atom is 0.203 e. The van der Waals surface area contributed by atoms with Gasteiger partial charge in [0.2, 0.25) is 5.75 Å². The molecule has 0 spiro atoms. The van der Waals surface area contributed by atoms with Gasteiger partial charge in [-0.05, 0) is 48.1 Å². The molecule has 26 heavy (non-hydrogen) atoms. The van der Waals surface area contributed by atoms with E-state index in [0.717, 1.165) is 5.56 Å². The van der Waals surface area contributed by atoms with Crippen molar-refractivity contribution in [1.82, 2.24) is 5.32 Å². The van der Waals surface area contributed by atoms with Crippen molar-refractivity contribution in [3.05, 3.63) is 40.9 Å². The standard InChI is InChI=1S/C18H21ClN2O4S/c1-22-14-6-5-12(19)9-13(14)21-18(26)20-10-11-7-15(23-2)17(25-4)16(8-11)24-3/h5-9H,10H2,1-4H3,(H2,20,21,26). The van der Waals surface area contributed by atoms with Crippen LogP contribution >= 0.6 is 23.8 Å². The van der Waals surface area contributed by atoms with Gasteiger partial charge in [0.15, 0.2) is 16.6 Å². The highest BCUT2D eigenvalue weighted by molar-refractivity contribution is 7.80. The van der Waals surface area contributed by atoms with Gasteiger partial charge in [0.25, 0.3) is 0 Å². The second-order valence-corrected chi connectivity index (χ2v) is 6.03. The third-order valence-electron chi connectivity index (χ3n) is 3.59. The molecule has 2 aromatic carbocycles. The summed E-state index contributed by atoms with van der Waals surface area (Å²) in [6.07, 6.45) is 0. The maximum atomic E-state index is 6.03. The smallest absolute Gasteiger partial charge is 0.203 e. The first-order valence-electron chi connectivity index (χ1n) is 7.69. The van der Waals surface area contributed by atoms with Crippen LogP contribution in [0.4, 0.5) is 5.69 Å². The van der Waals surface area contributed by atoms with E-state index >= 15 is 0 Å². The summed E-state index contributed by atoms with van der Waals surface area (Å²) in [5, 5.41) is 7.22. The molecule has 0 saturated carbocycles. The molecule has 0 heterocycles. The van der Waals surface area contributed by atoms with Crippen molar-refractivity contribution in [2.24, 2.45) is 0 Å². The van der Waals surface area contributed by atoms with Crippen LogP contribution in [0.15, 0.2) is 30.3 Å². The van der Waals surface area contributed by atoms with Gasteiger partial charge in [0.1, 0.15) is 5.75 Å². The molecule has 0 bridgehead atoms. The fourth-order valence-electron chi connectivity index (χ4n) is 2.36.